The second-order valence-corrected chi connectivity index (χ2v) is 4.22. The van der Waals surface area contributed by atoms with E-state index in [1.807, 2.05) is 32.1 Å². The maximum Gasteiger partial charge on any atom is 0.193 e. The van der Waals surface area contributed by atoms with Crippen LogP contribution in [0.5, 0.6) is 0 Å². The van der Waals surface area contributed by atoms with Crippen LogP contribution in [0.1, 0.15) is 28.3 Å². The Balaban J connectivity index is 2.40. The maximum absolute atomic E-state index is 12.1. The minimum absolute atomic E-state index is 0.0648. The minimum Gasteiger partial charge on any atom is -0.383 e. The van der Waals surface area contributed by atoms with Crippen molar-refractivity contribution in [1.82, 2.24) is 14.9 Å². The van der Waals surface area contributed by atoms with Gasteiger partial charge in [0.1, 0.15) is 5.82 Å². The number of allylic oxidation sites excluding steroid dienone is 1. The van der Waals surface area contributed by atoms with Gasteiger partial charge in [-0.3, -0.25) is 4.79 Å². The second kappa shape index (κ2) is 4.04. The molecule has 0 radical (unpaired) electrons. The molecule has 1 aliphatic rings. The normalized spacial score (nSPS) is 17.4. The molecule has 0 bridgehead atoms. The van der Waals surface area contributed by atoms with E-state index in [4.69, 9.17) is 0 Å². The number of ketones is 1. The van der Waals surface area contributed by atoms with Crippen LogP contribution in [0.2, 0.25) is 0 Å². The number of nitrogens with zero attached hydrogens (tertiary/aromatic N) is 3. The Morgan fingerprint density at radius 3 is 2.81 bits per heavy atom. The molecular formula is C12H15N3O. The highest BCUT2D eigenvalue weighted by Crippen LogP contribution is 2.23. The molecule has 1 aromatic rings. The van der Waals surface area contributed by atoms with E-state index in [0.29, 0.717) is 5.56 Å². The molecule has 0 spiro atoms. The van der Waals surface area contributed by atoms with Gasteiger partial charge < -0.3 is 4.90 Å². The van der Waals surface area contributed by atoms with Crippen molar-refractivity contribution in [3.8, 4) is 0 Å². The third-order valence-electron chi connectivity index (χ3n) is 2.57. The zero-order valence-electron chi connectivity index (χ0n) is 9.82. The molecular weight excluding hydrogens is 202 g/mol. The number of carbonyl (C=O) groups is 1. The number of hydrogen-bond donors (Lipinski definition) is 0. The van der Waals surface area contributed by atoms with Gasteiger partial charge in [-0.1, -0.05) is 0 Å². The van der Waals surface area contributed by atoms with Crippen LogP contribution >= 0.6 is 0 Å². The number of rotatable bonds is 1. The van der Waals surface area contributed by atoms with Crippen molar-refractivity contribution in [2.24, 2.45) is 0 Å². The third-order valence-corrected chi connectivity index (χ3v) is 2.57. The summed E-state index contributed by atoms with van der Waals surface area (Å²) < 4.78 is 0. The van der Waals surface area contributed by atoms with Gasteiger partial charge in [0.25, 0.3) is 0 Å². The fraction of sp³-hybridized carbons (Fsp3) is 0.417. The first-order chi connectivity index (χ1) is 7.58. The Morgan fingerprint density at radius 1 is 1.38 bits per heavy atom. The standard InChI is InChI=1S/C12H15N3O/c1-8-13-6-10-11(14-8)5-4-9(12(10)16)7-15(2)3/h6-7H,4-5H2,1-3H3/b9-7+. The molecule has 0 aromatic carbocycles. The first-order valence-corrected chi connectivity index (χ1v) is 5.32. The summed E-state index contributed by atoms with van der Waals surface area (Å²) in [6.45, 7) is 1.84. The minimum atomic E-state index is 0.0648. The summed E-state index contributed by atoms with van der Waals surface area (Å²) in [7, 11) is 3.84. The highest BCUT2D eigenvalue weighted by Gasteiger charge is 2.23. The van der Waals surface area contributed by atoms with Crippen LogP contribution in [0, 0.1) is 6.92 Å². The van der Waals surface area contributed by atoms with Gasteiger partial charge in [0, 0.05) is 32.1 Å². The maximum atomic E-state index is 12.1. The molecule has 2 rings (SSSR count). The Labute approximate surface area is 95.0 Å². The zero-order valence-corrected chi connectivity index (χ0v) is 9.82. The average Bonchev–Trinajstić information content (AvgIpc) is 2.22. The van der Waals surface area contributed by atoms with E-state index < -0.39 is 0 Å². The lowest BCUT2D eigenvalue weighted by Gasteiger charge is -2.18. The first-order valence-electron chi connectivity index (χ1n) is 5.32. The fourth-order valence-electron chi connectivity index (χ4n) is 1.87. The van der Waals surface area contributed by atoms with Crippen LogP contribution in [-0.2, 0) is 6.42 Å². The van der Waals surface area contributed by atoms with Crippen molar-refractivity contribution in [2.45, 2.75) is 19.8 Å². The zero-order chi connectivity index (χ0) is 11.7. The van der Waals surface area contributed by atoms with Gasteiger partial charge >= 0.3 is 0 Å². The monoisotopic (exact) mass is 217 g/mol. The van der Waals surface area contributed by atoms with E-state index in [-0.39, 0.29) is 5.78 Å². The molecule has 0 unspecified atom stereocenters. The summed E-state index contributed by atoms with van der Waals surface area (Å²) in [4.78, 5) is 22.4. The molecule has 0 saturated carbocycles. The van der Waals surface area contributed by atoms with Crippen LogP contribution in [0.25, 0.3) is 0 Å². The molecule has 0 amide bonds. The average molecular weight is 217 g/mol. The lowest BCUT2D eigenvalue weighted by atomic mass is 9.91. The quantitative estimate of drug-likeness (QED) is 0.666. The summed E-state index contributed by atoms with van der Waals surface area (Å²) in [6.07, 6.45) is 5.11. The lowest BCUT2D eigenvalue weighted by Crippen LogP contribution is -2.19. The van der Waals surface area contributed by atoms with Crippen LogP contribution in [-0.4, -0.2) is 34.7 Å². The van der Waals surface area contributed by atoms with Gasteiger partial charge in [0.05, 0.1) is 11.3 Å². The molecule has 1 aliphatic carbocycles. The molecule has 1 aromatic heterocycles. The molecule has 84 valence electrons. The molecule has 0 N–H and O–H groups in total. The van der Waals surface area contributed by atoms with Crippen molar-refractivity contribution in [3.05, 3.63) is 35.1 Å². The van der Waals surface area contributed by atoms with Crippen molar-refractivity contribution >= 4 is 5.78 Å². The van der Waals surface area contributed by atoms with Crippen molar-refractivity contribution in [3.63, 3.8) is 0 Å². The Morgan fingerprint density at radius 2 is 2.12 bits per heavy atom. The Kier molecular flexibility index (Phi) is 2.73. The van der Waals surface area contributed by atoms with Crippen LogP contribution < -0.4 is 0 Å². The fourth-order valence-corrected chi connectivity index (χ4v) is 1.87. The number of Topliss-reactive ketones (excluding diaryl/α,β-unsaturated/α-hetero) is 1. The van der Waals surface area contributed by atoms with Crippen molar-refractivity contribution < 1.29 is 4.79 Å². The van der Waals surface area contributed by atoms with E-state index in [9.17, 15) is 4.79 Å². The summed E-state index contributed by atoms with van der Waals surface area (Å²) >= 11 is 0. The van der Waals surface area contributed by atoms with Gasteiger partial charge in [0.15, 0.2) is 5.78 Å². The highest BCUT2D eigenvalue weighted by atomic mass is 16.1. The number of aromatic nitrogens is 2. The van der Waals surface area contributed by atoms with E-state index in [1.54, 1.807) is 6.20 Å². The van der Waals surface area contributed by atoms with Gasteiger partial charge in [-0.05, 0) is 19.8 Å². The van der Waals surface area contributed by atoms with E-state index in [0.717, 1.165) is 29.9 Å². The molecule has 4 heteroatoms. The van der Waals surface area contributed by atoms with Crippen molar-refractivity contribution in [2.75, 3.05) is 14.1 Å². The van der Waals surface area contributed by atoms with E-state index in [2.05, 4.69) is 9.97 Å². The van der Waals surface area contributed by atoms with Gasteiger partial charge in [-0.25, -0.2) is 9.97 Å². The molecule has 16 heavy (non-hydrogen) atoms. The topological polar surface area (TPSA) is 46.1 Å². The highest BCUT2D eigenvalue weighted by molar-refractivity contribution is 6.10. The van der Waals surface area contributed by atoms with Crippen LogP contribution in [0.4, 0.5) is 0 Å². The Hall–Kier alpha value is -1.71. The van der Waals surface area contributed by atoms with Gasteiger partial charge in [-0.2, -0.15) is 0 Å². The predicted molar refractivity (Wildman–Crippen MR) is 61.2 cm³/mol. The molecule has 1 heterocycles. The van der Waals surface area contributed by atoms with Crippen LogP contribution in [0.15, 0.2) is 18.0 Å². The number of fused-ring (bicyclic) bond motifs is 1. The first kappa shape index (κ1) is 10.8. The molecule has 4 nitrogen and oxygen atoms in total. The summed E-state index contributed by atoms with van der Waals surface area (Å²) in [5.74, 6) is 0.793. The molecule has 0 atom stereocenters. The number of carbonyl (C=O) groups excluding carboxylic acids is 1. The molecule has 0 aliphatic heterocycles. The van der Waals surface area contributed by atoms with Crippen molar-refractivity contribution in [1.29, 1.82) is 0 Å². The summed E-state index contributed by atoms with van der Waals surface area (Å²) in [5.41, 5.74) is 2.38. The molecule has 0 fully saturated rings. The summed E-state index contributed by atoms with van der Waals surface area (Å²) in [6, 6.07) is 0. The third kappa shape index (κ3) is 1.96. The van der Waals surface area contributed by atoms with Gasteiger partial charge in [-0.15, -0.1) is 0 Å². The predicted octanol–water partition coefficient (Wildman–Crippen LogP) is 1.36. The largest absolute Gasteiger partial charge is 0.383 e. The second-order valence-electron chi connectivity index (χ2n) is 4.22. The SMILES string of the molecule is Cc1ncc2c(n1)CC/C(=C\N(C)C)C2=O. The van der Waals surface area contributed by atoms with Crippen LogP contribution in [0.3, 0.4) is 0 Å². The van der Waals surface area contributed by atoms with E-state index in [1.165, 1.54) is 0 Å². The molecule has 0 saturated heterocycles. The number of aryl methyl sites for hydroxylation is 2. The lowest BCUT2D eigenvalue weighted by molar-refractivity contribution is 0.102. The van der Waals surface area contributed by atoms with Gasteiger partial charge in [0.2, 0.25) is 0 Å². The van der Waals surface area contributed by atoms with E-state index >= 15 is 0 Å². The summed E-state index contributed by atoms with van der Waals surface area (Å²) in [5, 5.41) is 0. The smallest absolute Gasteiger partial charge is 0.193 e. The number of hydrogen-bond acceptors (Lipinski definition) is 4. The Bertz CT molecular complexity index is 463.